The maximum Gasteiger partial charge on any atom is 0.315 e. The van der Waals surface area contributed by atoms with Crippen LogP contribution in [0.4, 0.5) is 10.5 Å². The number of benzene rings is 2. The number of hydrogen-bond donors (Lipinski definition) is 2. The van der Waals surface area contributed by atoms with E-state index in [0.29, 0.717) is 18.8 Å². The molecule has 0 radical (unpaired) electrons. The highest BCUT2D eigenvalue weighted by Gasteiger charge is 2.36. The Morgan fingerprint density at radius 3 is 2.58 bits per heavy atom. The highest BCUT2D eigenvalue weighted by atomic mass is 16.6. The largest absolute Gasteiger partial charge is 0.494 e. The van der Waals surface area contributed by atoms with Crippen molar-refractivity contribution < 1.29 is 24.0 Å². The number of ether oxygens (including phenoxy) is 1. The Labute approximate surface area is 191 Å². The normalized spacial score (nSPS) is 13.5. The highest BCUT2D eigenvalue weighted by Crippen LogP contribution is 2.27. The second kappa shape index (κ2) is 10.1. The number of urea groups is 1. The summed E-state index contributed by atoms with van der Waals surface area (Å²) < 4.78 is 5.64. The van der Waals surface area contributed by atoms with E-state index in [0.717, 1.165) is 22.1 Å². The molecule has 33 heavy (non-hydrogen) atoms. The van der Waals surface area contributed by atoms with E-state index < -0.39 is 16.7 Å². The summed E-state index contributed by atoms with van der Waals surface area (Å²) in [6, 6.07) is 8.71. The van der Waals surface area contributed by atoms with Crippen LogP contribution in [0.25, 0.3) is 0 Å². The summed E-state index contributed by atoms with van der Waals surface area (Å²) >= 11 is 0. The molecule has 3 rings (SSSR count). The third-order valence-electron chi connectivity index (χ3n) is 5.29. The van der Waals surface area contributed by atoms with Gasteiger partial charge in [0, 0.05) is 30.8 Å². The number of rotatable bonds is 9. The fourth-order valence-electron chi connectivity index (χ4n) is 3.65. The van der Waals surface area contributed by atoms with Crippen LogP contribution in [0.2, 0.25) is 0 Å². The molecule has 2 aromatic rings. The van der Waals surface area contributed by atoms with Gasteiger partial charge in [-0.3, -0.25) is 24.6 Å². The van der Waals surface area contributed by atoms with E-state index in [1.165, 1.54) is 12.1 Å². The molecule has 0 saturated heterocycles. The Morgan fingerprint density at radius 2 is 1.88 bits per heavy atom. The standard InChI is InChI=1S/C23H26N4O6/c1-4-33-20-9-6-14(2)12-18(20)15(3)25-23(30)24-10-5-11-26-21(28)17-8-7-16(27(31)32)13-19(17)22(26)29/h6-9,12-13,15H,4-5,10-11H2,1-3H3,(H2,24,25,30). The molecule has 1 unspecified atom stereocenters. The van der Waals surface area contributed by atoms with Gasteiger partial charge in [0.1, 0.15) is 5.75 Å². The minimum absolute atomic E-state index is 0.0250. The van der Waals surface area contributed by atoms with E-state index in [-0.39, 0.29) is 42.0 Å². The van der Waals surface area contributed by atoms with Crippen molar-refractivity contribution >= 4 is 23.5 Å². The van der Waals surface area contributed by atoms with Gasteiger partial charge in [0.25, 0.3) is 17.5 Å². The molecule has 0 spiro atoms. The fourth-order valence-corrected chi connectivity index (χ4v) is 3.65. The van der Waals surface area contributed by atoms with Crippen molar-refractivity contribution in [2.75, 3.05) is 19.7 Å². The topological polar surface area (TPSA) is 131 Å². The van der Waals surface area contributed by atoms with Crippen molar-refractivity contribution in [1.82, 2.24) is 15.5 Å². The van der Waals surface area contributed by atoms with Crippen molar-refractivity contribution in [1.29, 1.82) is 0 Å². The first-order valence-corrected chi connectivity index (χ1v) is 10.6. The lowest BCUT2D eigenvalue weighted by molar-refractivity contribution is -0.384. The number of carbonyl (C=O) groups excluding carboxylic acids is 3. The highest BCUT2D eigenvalue weighted by molar-refractivity contribution is 6.21. The summed E-state index contributed by atoms with van der Waals surface area (Å²) in [4.78, 5) is 48.6. The summed E-state index contributed by atoms with van der Waals surface area (Å²) in [6.45, 7) is 6.54. The lowest BCUT2D eigenvalue weighted by atomic mass is 10.0. The van der Waals surface area contributed by atoms with Gasteiger partial charge >= 0.3 is 6.03 Å². The second-order valence-corrected chi connectivity index (χ2v) is 7.70. The molecule has 1 aliphatic rings. The van der Waals surface area contributed by atoms with Gasteiger partial charge in [0.2, 0.25) is 0 Å². The van der Waals surface area contributed by atoms with Crippen LogP contribution in [-0.4, -0.2) is 47.4 Å². The Hall–Kier alpha value is -3.95. The van der Waals surface area contributed by atoms with Gasteiger partial charge in [-0.15, -0.1) is 0 Å². The number of nitro benzene ring substituents is 1. The van der Waals surface area contributed by atoms with Gasteiger partial charge in [-0.25, -0.2) is 4.79 Å². The summed E-state index contributed by atoms with van der Waals surface area (Å²) in [5.41, 5.74) is 1.84. The molecule has 10 heteroatoms. The number of imide groups is 1. The number of nitrogens with one attached hydrogen (secondary N) is 2. The Morgan fingerprint density at radius 1 is 1.15 bits per heavy atom. The number of non-ortho nitro benzene ring substituents is 1. The minimum Gasteiger partial charge on any atom is -0.494 e. The van der Waals surface area contributed by atoms with Crippen molar-refractivity contribution in [3.8, 4) is 5.75 Å². The zero-order valence-electron chi connectivity index (χ0n) is 18.7. The molecule has 0 fully saturated rings. The quantitative estimate of drug-likeness (QED) is 0.259. The van der Waals surface area contributed by atoms with E-state index in [9.17, 15) is 24.5 Å². The molecule has 4 amide bonds. The Bertz CT molecular complexity index is 1100. The molecule has 174 valence electrons. The van der Waals surface area contributed by atoms with Crippen LogP contribution in [0.1, 0.15) is 58.2 Å². The Kier molecular flexibility index (Phi) is 7.27. The van der Waals surface area contributed by atoms with Gasteiger partial charge < -0.3 is 15.4 Å². The molecule has 0 saturated carbocycles. The molecule has 10 nitrogen and oxygen atoms in total. The number of fused-ring (bicyclic) bond motifs is 1. The zero-order valence-corrected chi connectivity index (χ0v) is 18.7. The van der Waals surface area contributed by atoms with Crippen LogP contribution in [0.3, 0.4) is 0 Å². The van der Waals surface area contributed by atoms with Crippen LogP contribution in [0.15, 0.2) is 36.4 Å². The van der Waals surface area contributed by atoms with Crippen LogP contribution in [0, 0.1) is 17.0 Å². The van der Waals surface area contributed by atoms with Crippen molar-refractivity contribution in [3.63, 3.8) is 0 Å². The van der Waals surface area contributed by atoms with Gasteiger partial charge in [-0.1, -0.05) is 17.7 Å². The first-order chi connectivity index (χ1) is 15.7. The summed E-state index contributed by atoms with van der Waals surface area (Å²) in [5.74, 6) is -0.354. The molecule has 0 aliphatic carbocycles. The number of amides is 4. The maximum atomic E-state index is 12.5. The van der Waals surface area contributed by atoms with E-state index >= 15 is 0 Å². The minimum atomic E-state index is -0.613. The predicted molar refractivity (Wildman–Crippen MR) is 120 cm³/mol. The summed E-state index contributed by atoms with van der Waals surface area (Å²) in [7, 11) is 0. The molecule has 0 aromatic heterocycles. The first kappa shape index (κ1) is 23.7. The molecule has 1 atom stereocenters. The van der Waals surface area contributed by atoms with E-state index in [1.54, 1.807) is 0 Å². The van der Waals surface area contributed by atoms with Crippen LogP contribution in [-0.2, 0) is 0 Å². The lowest BCUT2D eigenvalue weighted by Crippen LogP contribution is -2.39. The average Bonchev–Trinajstić information content (AvgIpc) is 3.02. The SMILES string of the molecule is CCOc1ccc(C)cc1C(C)NC(=O)NCCCN1C(=O)c2ccc([N+](=O)[O-])cc2C1=O. The van der Waals surface area contributed by atoms with E-state index in [2.05, 4.69) is 10.6 Å². The second-order valence-electron chi connectivity index (χ2n) is 7.70. The molecule has 2 N–H and O–H groups in total. The molecular weight excluding hydrogens is 428 g/mol. The number of carbonyl (C=O) groups is 3. The zero-order chi connectivity index (χ0) is 24.1. The van der Waals surface area contributed by atoms with Gasteiger partial charge in [0.05, 0.1) is 28.7 Å². The summed E-state index contributed by atoms with van der Waals surface area (Å²) in [5, 5.41) is 16.5. The van der Waals surface area contributed by atoms with Gasteiger partial charge in [0.15, 0.2) is 0 Å². The number of nitrogens with zero attached hydrogens (tertiary/aromatic N) is 2. The lowest BCUT2D eigenvalue weighted by Gasteiger charge is -2.19. The molecule has 0 bridgehead atoms. The predicted octanol–water partition coefficient (Wildman–Crippen LogP) is 3.35. The van der Waals surface area contributed by atoms with Crippen LogP contribution >= 0.6 is 0 Å². The third-order valence-corrected chi connectivity index (χ3v) is 5.29. The van der Waals surface area contributed by atoms with Crippen LogP contribution < -0.4 is 15.4 Å². The third kappa shape index (κ3) is 5.28. The van der Waals surface area contributed by atoms with Crippen molar-refractivity contribution in [2.24, 2.45) is 0 Å². The van der Waals surface area contributed by atoms with Crippen molar-refractivity contribution in [2.45, 2.75) is 33.2 Å². The maximum absolute atomic E-state index is 12.5. The molecule has 1 heterocycles. The monoisotopic (exact) mass is 454 g/mol. The number of nitro groups is 1. The van der Waals surface area contributed by atoms with Gasteiger partial charge in [-0.05, 0) is 39.3 Å². The smallest absolute Gasteiger partial charge is 0.315 e. The number of hydrogen-bond acceptors (Lipinski definition) is 6. The molecule has 2 aromatic carbocycles. The van der Waals surface area contributed by atoms with Gasteiger partial charge in [-0.2, -0.15) is 0 Å². The molecule has 1 aliphatic heterocycles. The van der Waals surface area contributed by atoms with Crippen molar-refractivity contribution in [3.05, 3.63) is 68.8 Å². The number of aryl methyl sites for hydroxylation is 1. The van der Waals surface area contributed by atoms with E-state index in [1.807, 2.05) is 39.0 Å². The Balaban J connectivity index is 1.51. The average molecular weight is 454 g/mol. The first-order valence-electron chi connectivity index (χ1n) is 10.6. The summed E-state index contributed by atoms with van der Waals surface area (Å²) in [6.07, 6.45) is 0.337. The van der Waals surface area contributed by atoms with E-state index in [4.69, 9.17) is 4.74 Å². The molecular formula is C23H26N4O6. The fraction of sp³-hybridized carbons (Fsp3) is 0.348. The van der Waals surface area contributed by atoms with Crippen LogP contribution in [0.5, 0.6) is 5.75 Å².